The van der Waals surface area contributed by atoms with E-state index >= 15 is 0 Å². The van der Waals surface area contributed by atoms with Gasteiger partial charge in [0.15, 0.2) is 0 Å². The van der Waals surface area contributed by atoms with E-state index in [1.807, 2.05) is 12.1 Å². The van der Waals surface area contributed by atoms with Gasteiger partial charge in [-0.15, -0.1) is 0 Å². The molecule has 1 aromatic heterocycles. The van der Waals surface area contributed by atoms with Crippen LogP contribution < -0.4 is 19.5 Å². The van der Waals surface area contributed by atoms with Crippen LogP contribution in [0.5, 0.6) is 11.5 Å². The van der Waals surface area contributed by atoms with Gasteiger partial charge in [-0.2, -0.15) is 0 Å². The molecule has 2 aromatic rings. The highest BCUT2D eigenvalue weighted by molar-refractivity contribution is 7.92. The molecule has 2 N–H and O–H groups in total. The zero-order valence-corrected chi connectivity index (χ0v) is 14.0. The Bertz CT molecular complexity index is 761. The molecule has 0 aliphatic rings. The first-order chi connectivity index (χ1) is 11.0. The van der Waals surface area contributed by atoms with Crippen molar-refractivity contribution in [3.05, 3.63) is 36.5 Å². The van der Waals surface area contributed by atoms with Crippen LogP contribution in [0.25, 0.3) is 0 Å². The van der Waals surface area contributed by atoms with Gasteiger partial charge in [-0.25, -0.2) is 13.4 Å². The zero-order chi connectivity index (χ0) is 16.9. The normalized spacial score (nSPS) is 10.9. The minimum Gasteiger partial charge on any atom is -0.497 e. The predicted molar refractivity (Wildman–Crippen MR) is 90.1 cm³/mol. The average Bonchev–Trinajstić information content (AvgIpc) is 2.56. The van der Waals surface area contributed by atoms with Crippen molar-refractivity contribution in [2.24, 2.45) is 0 Å². The zero-order valence-electron chi connectivity index (χ0n) is 13.2. The summed E-state index contributed by atoms with van der Waals surface area (Å²) in [5.41, 5.74) is 1.45. The Morgan fingerprint density at radius 2 is 1.91 bits per heavy atom. The van der Waals surface area contributed by atoms with E-state index in [2.05, 4.69) is 15.0 Å². The summed E-state index contributed by atoms with van der Waals surface area (Å²) < 4.78 is 35.8. The maximum Gasteiger partial charge on any atom is 0.233 e. The Morgan fingerprint density at radius 3 is 2.48 bits per heavy atom. The summed E-state index contributed by atoms with van der Waals surface area (Å²) in [6.07, 6.45) is 1.54. The fourth-order valence-corrected chi connectivity index (χ4v) is 2.40. The largest absolute Gasteiger partial charge is 0.497 e. The maximum atomic E-state index is 11.5. The van der Waals surface area contributed by atoms with Gasteiger partial charge in [0, 0.05) is 6.07 Å². The monoisotopic (exact) mass is 337 g/mol. The van der Waals surface area contributed by atoms with E-state index in [0.717, 1.165) is 5.69 Å². The first-order valence-corrected chi connectivity index (χ1v) is 8.58. The third-order valence-electron chi connectivity index (χ3n) is 3.09. The molecule has 0 atom stereocenters. The van der Waals surface area contributed by atoms with Gasteiger partial charge in [0.1, 0.15) is 17.3 Å². The van der Waals surface area contributed by atoms with Crippen LogP contribution in [0.3, 0.4) is 0 Å². The summed E-state index contributed by atoms with van der Waals surface area (Å²) in [5.74, 6) is 1.59. The summed E-state index contributed by atoms with van der Waals surface area (Å²) in [4.78, 5) is 4.08. The van der Waals surface area contributed by atoms with Crippen molar-refractivity contribution in [1.29, 1.82) is 0 Å². The number of anilines is 3. The highest BCUT2D eigenvalue weighted by Crippen LogP contribution is 2.31. The minimum absolute atomic E-state index is 0.00225. The summed E-state index contributed by atoms with van der Waals surface area (Å²) in [6.45, 7) is 1.56. The second-order valence-electron chi connectivity index (χ2n) is 4.63. The van der Waals surface area contributed by atoms with Crippen molar-refractivity contribution in [3.63, 3.8) is 0 Å². The molecular formula is C15H19N3O4S. The molecule has 0 saturated carbocycles. The second-order valence-corrected chi connectivity index (χ2v) is 6.64. The van der Waals surface area contributed by atoms with Gasteiger partial charge in [-0.3, -0.25) is 4.72 Å². The van der Waals surface area contributed by atoms with Crippen molar-refractivity contribution < 1.29 is 17.9 Å². The first-order valence-electron chi connectivity index (χ1n) is 6.93. The first kappa shape index (κ1) is 16.9. The van der Waals surface area contributed by atoms with Crippen molar-refractivity contribution >= 4 is 27.2 Å². The van der Waals surface area contributed by atoms with E-state index in [4.69, 9.17) is 9.47 Å². The van der Waals surface area contributed by atoms with Crippen molar-refractivity contribution in [1.82, 2.24) is 4.98 Å². The summed E-state index contributed by atoms with van der Waals surface area (Å²) in [7, 11) is -0.174. The van der Waals surface area contributed by atoms with E-state index in [9.17, 15) is 8.42 Å². The molecule has 1 heterocycles. The van der Waals surface area contributed by atoms with Gasteiger partial charge >= 0.3 is 0 Å². The number of aromatic nitrogens is 1. The molecule has 0 unspecified atom stereocenters. The third kappa shape index (κ3) is 4.49. The number of nitrogens with zero attached hydrogens (tertiary/aromatic N) is 1. The summed E-state index contributed by atoms with van der Waals surface area (Å²) >= 11 is 0. The number of nitrogens with one attached hydrogen (secondary N) is 2. The number of ether oxygens (including phenoxy) is 2. The molecule has 0 amide bonds. The van der Waals surface area contributed by atoms with Gasteiger partial charge in [0.25, 0.3) is 0 Å². The summed E-state index contributed by atoms with van der Waals surface area (Å²) in [6, 6.07) is 8.71. The molecule has 0 radical (unpaired) electrons. The van der Waals surface area contributed by atoms with E-state index in [0.29, 0.717) is 17.2 Å². The minimum atomic E-state index is -3.33. The van der Waals surface area contributed by atoms with E-state index in [1.165, 1.54) is 6.20 Å². The molecule has 1 aromatic carbocycles. The molecule has 0 bridgehead atoms. The van der Waals surface area contributed by atoms with E-state index < -0.39 is 10.0 Å². The third-order valence-corrected chi connectivity index (χ3v) is 4.37. The van der Waals surface area contributed by atoms with E-state index in [-0.39, 0.29) is 11.6 Å². The van der Waals surface area contributed by atoms with Gasteiger partial charge in [-0.05, 0) is 31.2 Å². The molecule has 124 valence electrons. The van der Waals surface area contributed by atoms with Crippen molar-refractivity contribution in [2.45, 2.75) is 6.92 Å². The molecule has 23 heavy (non-hydrogen) atoms. The van der Waals surface area contributed by atoms with Crippen LogP contribution >= 0.6 is 0 Å². The number of hydrogen-bond acceptors (Lipinski definition) is 6. The molecule has 7 nitrogen and oxygen atoms in total. The number of methoxy groups -OCH3 is 2. The topological polar surface area (TPSA) is 89.6 Å². The standard InChI is InChI=1S/C15H19N3O4S/c1-4-23(19,20)18-15-8-5-11(10-16-15)17-13-7-6-12(21-2)9-14(13)22-3/h5-10,17H,4H2,1-3H3,(H,16,18). The molecule has 0 fully saturated rings. The van der Waals surface area contributed by atoms with Crippen LogP contribution in [0.4, 0.5) is 17.2 Å². The Kier molecular flexibility index (Phi) is 5.28. The highest BCUT2D eigenvalue weighted by atomic mass is 32.2. The van der Waals surface area contributed by atoms with Gasteiger partial charge in [-0.1, -0.05) is 0 Å². The van der Waals surface area contributed by atoms with Crippen LogP contribution in [0.2, 0.25) is 0 Å². The number of sulfonamides is 1. The fourth-order valence-electron chi connectivity index (χ4n) is 1.82. The molecule has 2 rings (SSSR count). The van der Waals surface area contributed by atoms with Crippen LogP contribution in [0, 0.1) is 0 Å². The second kappa shape index (κ2) is 7.19. The number of benzene rings is 1. The predicted octanol–water partition coefficient (Wildman–Crippen LogP) is 2.60. The SMILES string of the molecule is CCS(=O)(=O)Nc1ccc(Nc2ccc(OC)cc2OC)cn1. The van der Waals surface area contributed by atoms with Gasteiger partial charge < -0.3 is 14.8 Å². The van der Waals surface area contributed by atoms with Gasteiger partial charge in [0.05, 0.1) is 37.5 Å². The quantitative estimate of drug-likeness (QED) is 0.807. The van der Waals surface area contributed by atoms with Gasteiger partial charge in [0.2, 0.25) is 10.0 Å². The molecule has 0 aliphatic carbocycles. The summed E-state index contributed by atoms with van der Waals surface area (Å²) in [5, 5.41) is 3.16. The lowest BCUT2D eigenvalue weighted by Crippen LogP contribution is -2.15. The Labute approximate surface area is 135 Å². The van der Waals surface area contributed by atoms with Crippen LogP contribution in [0.1, 0.15) is 6.92 Å². The number of hydrogen-bond donors (Lipinski definition) is 2. The van der Waals surface area contributed by atoms with Crippen molar-refractivity contribution in [3.8, 4) is 11.5 Å². The Balaban J connectivity index is 2.15. The Morgan fingerprint density at radius 1 is 1.13 bits per heavy atom. The molecule has 0 saturated heterocycles. The Hall–Kier alpha value is -2.48. The molecular weight excluding hydrogens is 318 g/mol. The smallest absolute Gasteiger partial charge is 0.233 e. The molecule has 0 aliphatic heterocycles. The fraction of sp³-hybridized carbons (Fsp3) is 0.267. The van der Waals surface area contributed by atoms with E-state index in [1.54, 1.807) is 39.3 Å². The van der Waals surface area contributed by atoms with Crippen LogP contribution in [-0.2, 0) is 10.0 Å². The average molecular weight is 337 g/mol. The molecule has 0 spiro atoms. The van der Waals surface area contributed by atoms with Crippen LogP contribution in [-0.4, -0.2) is 33.4 Å². The maximum absolute atomic E-state index is 11.5. The highest BCUT2D eigenvalue weighted by Gasteiger charge is 2.08. The lowest BCUT2D eigenvalue weighted by atomic mass is 10.2. The van der Waals surface area contributed by atoms with Crippen LogP contribution in [0.15, 0.2) is 36.5 Å². The number of pyridine rings is 1. The lowest BCUT2D eigenvalue weighted by Gasteiger charge is -2.12. The number of rotatable bonds is 7. The lowest BCUT2D eigenvalue weighted by molar-refractivity contribution is 0.395. The van der Waals surface area contributed by atoms with Crippen molar-refractivity contribution in [2.75, 3.05) is 30.0 Å². The molecule has 8 heteroatoms.